The van der Waals surface area contributed by atoms with Crippen LogP contribution in [0.3, 0.4) is 0 Å². The van der Waals surface area contributed by atoms with Crippen molar-refractivity contribution in [2.24, 2.45) is 0 Å². The normalized spacial score (nSPS) is 11.1. The van der Waals surface area contributed by atoms with Crippen LogP contribution in [0.2, 0.25) is 10.0 Å². The van der Waals surface area contributed by atoms with Gasteiger partial charge in [0.1, 0.15) is 16.3 Å². The van der Waals surface area contributed by atoms with Crippen LogP contribution in [-0.2, 0) is 16.1 Å². The van der Waals surface area contributed by atoms with Crippen molar-refractivity contribution in [2.45, 2.75) is 33.4 Å². The third-order valence-electron chi connectivity index (χ3n) is 3.96. The van der Waals surface area contributed by atoms with Crippen LogP contribution in [0, 0.1) is 6.92 Å². The average molecular weight is 454 g/mol. The molecule has 10 heteroatoms. The summed E-state index contributed by atoms with van der Waals surface area (Å²) in [6.07, 6.45) is 1.00. The molecule has 29 heavy (non-hydrogen) atoms. The molecule has 0 bridgehead atoms. The van der Waals surface area contributed by atoms with Gasteiger partial charge in [-0.1, -0.05) is 23.2 Å². The lowest BCUT2D eigenvalue weighted by atomic mass is 10.2. The fraction of sp³-hybridized carbons (Fsp3) is 0.263. The summed E-state index contributed by atoms with van der Waals surface area (Å²) < 4.78 is 6.40. The second-order valence-electron chi connectivity index (χ2n) is 6.54. The number of esters is 1. The van der Waals surface area contributed by atoms with Gasteiger partial charge in [-0.2, -0.15) is 0 Å². The number of nitrogens with one attached hydrogen (secondary N) is 1. The Morgan fingerprint density at radius 1 is 1.31 bits per heavy atom. The van der Waals surface area contributed by atoms with Crippen LogP contribution < -0.4 is 10.9 Å². The summed E-state index contributed by atoms with van der Waals surface area (Å²) in [4.78, 5) is 42.4. The number of thiophene rings is 1. The highest BCUT2D eigenvalue weighted by Gasteiger charge is 2.21. The zero-order chi connectivity index (χ0) is 21.3. The minimum absolute atomic E-state index is 0.262. The van der Waals surface area contributed by atoms with E-state index >= 15 is 0 Å². The van der Waals surface area contributed by atoms with E-state index in [0.29, 0.717) is 31.4 Å². The Hall–Kier alpha value is -2.42. The first-order chi connectivity index (χ1) is 13.7. The van der Waals surface area contributed by atoms with Crippen LogP contribution in [0.25, 0.3) is 10.2 Å². The standard InChI is InChI=1S/C19H17Cl2N3O4S/c1-9(2)28-19(27)16-10(3)15-17(29-16)22-8-24(18(15)26)7-14(25)23-13-5-4-11(20)6-12(13)21/h4-6,8-9H,7H2,1-3H3,(H,23,25). The number of hydrogen-bond acceptors (Lipinski definition) is 6. The van der Waals surface area contributed by atoms with Crippen molar-refractivity contribution in [2.75, 3.05) is 5.32 Å². The minimum Gasteiger partial charge on any atom is -0.459 e. The second kappa shape index (κ2) is 8.52. The van der Waals surface area contributed by atoms with Gasteiger partial charge in [0.05, 0.1) is 28.5 Å². The molecule has 0 fully saturated rings. The van der Waals surface area contributed by atoms with Crippen molar-refractivity contribution >= 4 is 62.3 Å². The molecular formula is C19H17Cl2N3O4S. The Labute approximate surface area is 180 Å². The third kappa shape index (κ3) is 4.60. The van der Waals surface area contributed by atoms with Crippen LogP contribution in [0.5, 0.6) is 0 Å². The number of carbonyl (C=O) groups excluding carboxylic acids is 2. The quantitative estimate of drug-likeness (QED) is 0.582. The number of aryl methyl sites for hydroxylation is 1. The fourth-order valence-electron chi connectivity index (χ4n) is 2.67. The monoisotopic (exact) mass is 453 g/mol. The lowest BCUT2D eigenvalue weighted by Gasteiger charge is -2.09. The van der Waals surface area contributed by atoms with Gasteiger partial charge >= 0.3 is 5.97 Å². The summed E-state index contributed by atoms with van der Waals surface area (Å²) in [6.45, 7) is 4.90. The molecule has 0 aliphatic carbocycles. The van der Waals surface area contributed by atoms with Crippen molar-refractivity contribution in [3.05, 3.63) is 55.4 Å². The molecule has 0 saturated carbocycles. The topological polar surface area (TPSA) is 90.3 Å². The fourth-order valence-corrected chi connectivity index (χ4v) is 4.15. The molecule has 2 aromatic heterocycles. The SMILES string of the molecule is Cc1c(C(=O)OC(C)C)sc2ncn(CC(=O)Nc3ccc(Cl)cc3Cl)c(=O)c12. The van der Waals surface area contributed by atoms with Crippen LogP contribution >= 0.6 is 34.5 Å². The molecule has 0 saturated heterocycles. The van der Waals surface area contributed by atoms with Gasteiger partial charge in [-0.05, 0) is 44.5 Å². The van der Waals surface area contributed by atoms with E-state index in [1.54, 1.807) is 32.9 Å². The first-order valence-corrected chi connectivity index (χ1v) is 10.2. The molecule has 7 nitrogen and oxygen atoms in total. The Morgan fingerprint density at radius 3 is 2.69 bits per heavy atom. The number of nitrogens with zero attached hydrogens (tertiary/aromatic N) is 2. The number of anilines is 1. The van der Waals surface area contributed by atoms with Gasteiger partial charge in [-0.25, -0.2) is 9.78 Å². The summed E-state index contributed by atoms with van der Waals surface area (Å²) in [7, 11) is 0. The van der Waals surface area contributed by atoms with Crippen molar-refractivity contribution < 1.29 is 14.3 Å². The maximum absolute atomic E-state index is 12.9. The van der Waals surface area contributed by atoms with Gasteiger partial charge in [0.25, 0.3) is 5.56 Å². The Morgan fingerprint density at radius 2 is 2.03 bits per heavy atom. The molecule has 0 unspecified atom stereocenters. The van der Waals surface area contributed by atoms with Gasteiger partial charge < -0.3 is 10.1 Å². The summed E-state index contributed by atoms with van der Waals surface area (Å²) in [6, 6.07) is 4.67. The molecule has 1 aromatic carbocycles. The van der Waals surface area contributed by atoms with E-state index in [1.165, 1.54) is 17.0 Å². The lowest BCUT2D eigenvalue weighted by Crippen LogP contribution is -2.28. The number of aromatic nitrogens is 2. The second-order valence-corrected chi connectivity index (χ2v) is 8.38. The number of amides is 1. The van der Waals surface area contributed by atoms with Crippen LogP contribution in [0.1, 0.15) is 29.1 Å². The molecule has 0 spiro atoms. The van der Waals surface area contributed by atoms with Crippen LogP contribution in [-0.4, -0.2) is 27.5 Å². The average Bonchev–Trinajstić information content (AvgIpc) is 2.97. The van der Waals surface area contributed by atoms with Gasteiger partial charge in [-0.3, -0.25) is 14.2 Å². The number of rotatable bonds is 5. The number of halogens is 2. The summed E-state index contributed by atoms with van der Waals surface area (Å²) in [5.41, 5.74) is 0.460. The van der Waals surface area contributed by atoms with Gasteiger partial charge in [0.2, 0.25) is 5.91 Å². The highest BCUT2D eigenvalue weighted by molar-refractivity contribution is 7.20. The van der Waals surface area contributed by atoms with Gasteiger partial charge in [-0.15, -0.1) is 11.3 Å². The van der Waals surface area contributed by atoms with E-state index in [1.807, 2.05) is 0 Å². The zero-order valence-corrected chi connectivity index (χ0v) is 18.1. The van der Waals surface area contributed by atoms with E-state index in [0.717, 1.165) is 11.3 Å². The maximum Gasteiger partial charge on any atom is 0.348 e. The molecule has 3 aromatic rings. The molecule has 0 aliphatic heterocycles. The van der Waals surface area contributed by atoms with Gasteiger partial charge in [0.15, 0.2) is 0 Å². The molecule has 152 valence electrons. The zero-order valence-electron chi connectivity index (χ0n) is 15.8. The summed E-state index contributed by atoms with van der Waals surface area (Å²) >= 11 is 13.0. The first-order valence-electron chi connectivity index (χ1n) is 8.61. The van der Waals surface area contributed by atoms with Gasteiger partial charge in [0, 0.05) is 5.02 Å². The van der Waals surface area contributed by atoms with Crippen molar-refractivity contribution in [3.63, 3.8) is 0 Å². The number of hydrogen-bond donors (Lipinski definition) is 1. The number of carbonyl (C=O) groups is 2. The number of ether oxygens (including phenoxy) is 1. The van der Waals surface area contributed by atoms with Crippen LogP contribution in [0.15, 0.2) is 29.3 Å². The lowest BCUT2D eigenvalue weighted by molar-refractivity contribution is -0.116. The number of benzene rings is 1. The van der Waals surface area contributed by atoms with E-state index in [-0.39, 0.29) is 17.7 Å². The summed E-state index contributed by atoms with van der Waals surface area (Å²) in [5.74, 6) is -0.952. The predicted molar refractivity (Wildman–Crippen MR) is 114 cm³/mol. The van der Waals surface area contributed by atoms with Crippen molar-refractivity contribution in [3.8, 4) is 0 Å². The molecule has 3 rings (SSSR count). The molecule has 0 radical (unpaired) electrons. The summed E-state index contributed by atoms with van der Waals surface area (Å²) in [5, 5.41) is 3.66. The largest absolute Gasteiger partial charge is 0.459 e. The van der Waals surface area contributed by atoms with Crippen LogP contribution in [0.4, 0.5) is 5.69 Å². The Balaban J connectivity index is 1.87. The highest BCUT2D eigenvalue weighted by Crippen LogP contribution is 2.28. The smallest absolute Gasteiger partial charge is 0.348 e. The molecule has 2 heterocycles. The van der Waals surface area contributed by atoms with Crippen molar-refractivity contribution in [1.82, 2.24) is 9.55 Å². The first kappa shape index (κ1) is 21.3. The third-order valence-corrected chi connectivity index (χ3v) is 5.69. The van der Waals surface area contributed by atoms with E-state index in [9.17, 15) is 14.4 Å². The molecule has 1 amide bonds. The van der Waals surface area contributed by atoms with E-state index < -0.39 is 17.4 Å². The van der Waals surface area contributed by atoms with Crippen molar-refractivity contribution in [1.29, 1.82) is 0 Å². The Bertz CT molecular complexity index is 1170. The highest BCUT2D eigenvalue weighted by atomic mass is 35.5. The van der Waals surface area contributed by atoms with E-state index in [2.05, 4.69) is 10.3 Å². The molecule has 0 aliphatic rings. The minimum atomic E-state index is -0.499. The molecular weight excluding hydrogens is 437 g/mol. The molecule has 1 N–H and O–H groups in total. The molecule has 0 atom stereocenters. The number of fused-ring (bicyclic) bond motifs is 1. The maximum atomic E-state index is 12.9. The Kier molecular flexibility index (Phi) is 6.26. The van der Waals surface area contributed by atoms with E-state index in [4.69, 9.17) is 27.9 Å². The predicted octanol–water partition coefficient (Wildman–Crippen LogP) is 4.28.